The summed E-state index contributed by atoms with van der Waals surface area (Å²) in [5.74, 6) is -2.13. The first-order valence-corrected chi connectivity index (χ1v) is 12.9. The number of phenols is 3. The quantitative estimate of drug-likeness (QED) is 0.147. The smallest absolute Gasteiger partial charge is 0.203 e. The molecule has 15 nitrogen and oxygen atoms in total. The van der Waals surface area contributed by atoms with Crippen molar-refractivity contribution in [2.24, 2.45) is 0 Å². The number of benzene rings is 2. The summed E-state index contributed by atoms with van der Waals surface area (Å²) in [4.78, 5) is 14.1. The summed E-state index contributed by atoms with van der Waals surface area (Å²) in [5.41, 5.74) is -2.46. The third-order valence-electron chi connectivity index (χ3n) is 7.68. The van der Waals surface area contributed by atoms with Crippen LogP contribution in [0.25, 0.3) is 22.3 Å². The third kappa shape index (κ3) is 4.79. The van der Waals surface area contributed by atoms with Crippen LogP contribution in [-0.4, -0.2) is 118 Å². The van der Waals surface area contributed by atoms with E-state index in [-0.39, 0.29) is 17.1 Å². The van der Waals surface area contributed by atoms with Gasteiger partial charge in [0.2, 0.25) is 5.43 Å². The molecular weight excluding hydrogens is 564 g/mol. The van der Waals surface area contributed by atoms with E-state index in [1.165, 1.54) is 24.3 Å². The van der Waals surface area contributed by atoms with Gasteiger partial charge in [-0.25, -0.2) is 0 Å². The standard InChI is InChI=1S/C27H30O15/c28-6-12-17(33)20(36)22(38)26(40-12)15-11(32)5-10(31)14-19(35)16(27-23(39)21(37)18(34)13(7-29)41-27)24(42-25(14)15)8-1-3-9(30)4-2-8/h1-5,12-13,17-18,20-23,26-34,36-39H,6-7H2/t12-,13-,17+,18+,20+,21-,22-,23+,26+,27-/m1/s1. The summed E-state index contributed by atoms with van der Waals surface area (Å²) in [6.07, 6.45) is -17.4. The Balaban J connectivity index is 1.82. The highest BCUT2D eigenvalue weighted by Crippen LogP contribution is 2.46. The molecule has 5 rings (SSSR count). The molecule has 15 heteroatoms. The molecule has 42 heavy (non-hydrogen) atoms. The van der Waals surface area contributed by atoms with E-state index < -0.39 is 113 Å². The Labute approximate surface area is 235 Å². The molecule has 2 aliphatic heterocycles. The Morgan fingerprint density at radius 3 is 1.64 bits per heavy atom. The summed E-state index contributed by atoms with van der Waals surface area (Å²) in [5, 5.41) is 113. The van der Waals surface area contributed by atoms with Gasteiger partial charge < -0.3 is 70.1 Å². The zero-order chi connectivity index (χ0) is 30.6. The van der Waals surface area contributed by atoms with Crippen LogP contribution in [0.3, 0.4) is 0 Å². The third-order valence-corrected chi connectivity index (χ3v) is 7.68. The lowest BCUT2D eigenvalue weighted by molar-refractivity contribution is -0.232. The zero-order valence-electron chi connectivity index (χ0n) is 21.6. The van der Waals surface area contributed by atoms with Crippen LogP contribution in [0.5, 0.6) is 17.2 Å². The molecule has 2 saturated heterocycles. The van der Waals surface area contributed by atoms with E-state index in [9.17, 15) is 61.0 Å². The van der Waals surface area contributed by atoms with E-state index in [2.05, 4.69) is 0 Å². The van der Waals surface area contributed by atoms with Crippen LogP contribution in [0.2, 0.25) is 0 Å². The largest absolute Gasteiger partial charge is 0.508 e. The Morgan fingerprint density at radius 1 is 0.643 bits per heavy atom. The molecule has 3 heterocycles. The lowest BCUT2D eigenvalue weighted by Gasteiger charge is -2.41. The highest BCUT2D eigenvalue weighted by Gasteiger charge is 2.48. The Hall–Kier alpha value is -3.35. The van der Waals surface area contributed by atoms with Gasteiger partial charge in [-0.15, -0.1) is 0 Å². The number of fused-ring (bicyclic) bond motifs is 1. The molecule has 0 unspecified atom stereocenters. The van der Waals surface area contributed by atoms with Crippen LogP contribution in [-0.2, 0) is 9.47 Å². The van der Waals surface area contributed by atoms with E-state index in [1.807, 2.05) is 0 Å². The lowest BCUT2D eigenvalue weighted by Crippen LogP contribution is -2.56. The predicted molar refractivity (Wildman–Crippen MR) is 138 cm³/mol. The van der Waals surface area contributed by atoms with Crippen molar-refractivity contribution in [2.45, 2.75) is 61.0 Å². The van der Waals surface area contributed by atoms with Gasteiger partial charge in [0.05, 0.1) is 24.3 Å². The first-order valence-electron chi connectivity index (χ1n) is 12.9. The fraction of sp³-hybridized carbons (Fsp3) is 0.444. The molecule has 11 N–H and O–H groups in total. The molecular formula is C27H30O15. The summed E-state index contributed by atoms with van der Waals surface area (Å²) in [6, 6.07) is 5.81. The second kappa shape index (κ2) is 11.4. The summed E-state index contributed by atoms with van der Waals surface area (Å²) < 4.78 is 17.2. The minimum Gasteiger partial charge on any atom is -0.508 e. The highest BCUT2D eigenvalue weighted by atomic mass is 16.6. The van der Waals surface area contributed by atoms with E-state index in [4.69, 9.17) is 13.9 Å². The van der Waals surface area contributed by atoms with Crippen molar-refractivity contribution in [1.82, 2.24) is 0 Å². The van der Waals surface area contributed by atoms with Crippen molar-refractivity contribution in [3.8, 4) is 28.6 Å². The summed E-state index contributed by atoms with van der Waals surface area (Å²) in [7, 11) is 0. The maximum Gasteiger partial charge on any atom is 0.203 e. The molecule has 0 bridgehead atoms. The average molecular weight is 595 g/mol. The van der Waals surface area contributed by atoms with Gasteiger partial charge in [0, 0.05) is 11.6 Å². The normalized spacial score (nSPS) is 33.6. The molecule has 0 aliphatic carbocycles. The number of aliphatic hydroxyl groups excluding tert-OH is 8. The molecule has 3 aromatic rings. The van der Waals surface area contributed by atoms with E-state index >= 15 is 0 Å². The van der Waals surface area contributed by atoms with Gasteiger partial charge in [-0.05, 0) is 24.3 Å². The number of ether oxygens (including phenoxy) is 2. The van der Waals surface area contributed by atoms with Crippen molar-refractivity contribution in [3.63, 3.8) is 0 Å². The fourth-order valence-electron chi connectivity index (χ4n) is 5.41. The summed E-state index contributed by atoms with van der Waals surface area (Å²) >= 11 is 0. The maximum atomic E-state index is 14.1. The minimum atomic E-state index is -1.94. The first-order chi connectivity index (χ1) is 19.9. The Bertz CT molecular complexity index is 1500. The van der Waals surface area contributed by atoms with Crippen molar-refractivity contribution in [3.05, 3.63) is 51.7 Å². The number of hydrogen-bond donors (Lipinski definition) is 11. The molecule has 0 radical (unpaired) electrons. The average Bonchev–Trinajstić information content (AvgIpc) is 2.96. The predicted octanol–water partition coefficient (Wildman–Crippen LogP) is -2.39. The van der Waals surface area contributed by atoms with Gasteiger partial charge in [0.15, 0.2) is 5.58 Å². The molecule has 2 fully saturated rings. The molecule has 10 atom stereocenters. The molecule has 0 saturated carbocycles. The van der Waals surface area contributed by atoms with Gasteiger partial charge in [0.25, 0.3) is 0 Å². The van der Waals surface area contributed by atoms with Crippen LogP contribution >= 0.6 is 0 Å². The monoisotopic (exact) mass is 594 g/mol. The van der Waals surface area contributed by atoms with Crippen molar-refractivity contribution >= 4 is 11.0 Å². The molecule has 1 aromatic heterocycles. The zero-order valence-corrected chi connectivity index (χ0v) is 21.6. The van der Waals surface area contributed by atoms with Gasteiger partial charge in [-0.2, -0.15) is 0 Å². The molecule has 0 spiro atoms. The lowest BCUT2D eigenvalue weighted by atomic mass is 9.87. The first kappa shape index (κ1) is 30.1. The SMILES string of the molecule is O=c1c([C@H]2O[C@H](CO)[C@H](O)[C@@H](O)[C@@H]2O)c(-c2ccc(O)cc2)oc2c([C@@H]3O[C@H](CO)[C@H](O)[C@H](O)[C@H]3O)c(O)cc(O)c12. The van der Waals surface area contributed by atoms with E-state index in [0.717, 1.165) is 6.07 Å². The van der Waals surface area contributed by atoms with Crippen LogP contribution in [0.4, 0.5) is 0 Å². The van der Waals surface area contributed by atoms with Gasteiger partial charge in [-0.3, -0.25) is 4.79 Å². The van der Waals surface area contributed by atoms with Crippen molar-refractivity contribution < 1.29 is 70.1 Å². The molecule has 2 aromatic carbocycles. The molecule has 2 aliphatic rings. The Morgan fingerprint density at radius 2 is 1.14 bits per heavy atom. The highest BCUT2D eigenvalue weighted by molar-refractivity contribution is 5.90. The number of aliphatic hydroxyl groups is 8. The van der Waals surface area contributed by atoms with Crippen molar-refractivity contribution in [2.75, 3.05) is 13.2 Å². The van der Waals surface area contributed by atoms with Gasteiger partial charge in [-0.1, -0.05) is 0 Å². The van der Waals surface area contributed by atoms with Gasteiger partial charge >= 0.3 is 0 Å². The number of hydrogen-bond acceptors (Lipinski definition) is 15. The minimum absolute atomic E-state index is 0.0846. The Kier molecular flexibility index (Phi) is 8.16. The molecule has 228 valence electrons. The second-order valence-corrected chi connectivity index (χ2v) is 10.3. The number of rotatable bonds is 5. The van der Waals surface area contributed by atoms with Crippen LogP contribution in [0, 0.1) is 0 Å². The number of phenolic OH excluding ortho intramolecular Hbond substituents is 3. The van der Waals surface area contributed by atoms with Crippen LogP contribution < -0.4 is 5.43 Å². The van der Waals surface area contributed by atoms with Gasteiger partial charge in [0.1, 0.15) is 89.4 Å². The van der Waals surface area contributed by atoms with E-state index in [1.54, 1.807) is 0 Å². The maximum absolute atomic E-state index is 14.1. The van der Waals surface area contributed by atoms with E-state index in [0.29, 0.717) is 0 Å². The van der Waals surface area contributed by atoms with Crippen LogP contribution in [0.15, 0.2) is 39.5 Å². The van der Waals surface area contributed by atoms with Crippen LogP contribution in [0.1, 0.15) is 23.3 Å². The van der Waals surface area contributed by atoms with Crippen molar-refractivity contribution in [1.29, 1.82) is 0 Å². The summed E-state index contributed by atoms with van der Waals surface area (Å²) in [6.45, 7) is -1.61. The second-order valence-electron chi connectivity index (χ2n) is 10.3. The molecule has 0 amide bonds. The number of aromatic hydroxyl groups is 3. The fourth-order valence-corrected chi connectivity index (χ4v) is 5.41. The topological polar surface area (TPSA) is 271 Å².